The van der Waals surface area contributed by atoms with Gasteiger partial charge in [0.2, 0.25) is 0 Å². The van der Waals surface area contributed by atoms with Gasteiger partial charge < -0.3 is 5.32 Å². The predicted molar refractivity (Wildman–Crippen MR) is 67.6 cm³/mol. The van der Waals surface area contributed by atoms with Gasteiger partial charge in [0.15, 0.2) is 0 Å². The monoisotopic (exact) mass is 269 g/mol. The largest absolute Gasteiger partial charge is 0.320 e. The van der Waals surface area contributed by atoms with Crippen LogP contribution in [0.5, 0.6) is 0 Å². The number of aryl methyl sites for hydroxylation is 1. The van der Waals surface area contributed by atoms with Crippen LogP contribution in [-0.2, 0) is 7.05 Å². The molecule has 0 spiro atoms. The molecule has 1 amide bonds. The van der Waals surface area contributed by atoms with Crippen LogP contribution in [0.4, 0.5) is 5.69 Å². The maximum absolute atomic E-state index is 11.8. The van der Waals surface area contributed by atoms with Crippen LogP contribution in [0.2, 0.25) is 10.0 Å². The van der Waals surface area contributed by atoms with Crippen molar-refractivity contribution in [3.8, 4) is 0 Å². The summed E-state index contributed by atoms with van der Waals surface area (Å²) in [6.45, 7) is 0. The van der Waals surface area contributed by atoms with Gasteiger partial charge in [0.25, 0.3) is 5.91 Å². The van der Waals surface area contributed by atoms with Crippen molar-refractivity contribution in [3.05, 3.63) is 46.2 Å². The molecular weight excluding hydrogens is 261 g/mol. The number of amides is 1. The molecular formula is C11H9Cl2N3O. The summed E-state index contributed by atoms with van der Waals surface area (Å²) in [5.41, 5.74) is 0.941. The molecule has 2 rings (SSSR count). The number of carbonyl (C=O) groups excluding carboxylic acids is 1. The van der Waals surface area contributed by atoms with Crippen LogP contribution in [0.1, 0.15) is 10.4 Å². The Morgan fingerprint density at radius 2 is 2.18 bits per heavy atom. The van der Waals surface area contributed by atoms with Crippen LogP contribution < -0.4 is 5.32 Å². The van der Waals surface area contributed by atoms with Crippen LogP contribution in [0.25, 0.3) is 0 Å². The summed E-state index contributed by atoms with van der Waals surface area (Å²) in [6.07, 6.45) is 3.10. The SMILES string of the molecule is Cn1cc(C(=O)Nc2cc(Cl)ccc2Cl)cn1. The molecule has 2 aromatic rings. The van der Waals surface area contributed by atoms with Gasteiger partial charge in [-0.1, -0.05) is 23.2 Å². The lowest BCUT2D eigenvalue weighted by Crippen LogP contribution is -2.11. The minimum absolute atomic E-state index is 0.276. The first-order valence-electron chi connectivity index (χ1n) is 4.81. The van der Waals surface area contributed by atoms with Crippen molar-refractivity contribution in [2.45, 2.75) is 0 Å². The summed E-state index contributed by atoms with van der Waals surface area (Å²) >= 11 is 11.8. The lowest BCUT2D eigenvalue weighted by atomic mass is 10.3. The number of benzene rings is 1. The van der Waals surface area contributed by atoms with Gasteiger partial charge in [0.05, 0.1) is 22.5 Å². The average Bonchev–Trinajstić information content (AvgIpc) is 2.70. The molecule has 0 aliphatic carbocycles. The van der Waals surface area contributed by atoms with Crippen molar-refractivity contribution in [2.24, 2.45) is 7.05 Å². The molecule has 17 heavy (non-hydrogen) atoms. The van der Waals surface area contributed by atoms with Crippen molar-refractivity contribution in [2.75, 3.05) is 5.32 Å². The second-order valence-electron chi connectivity index (χ2n) is 3.48. The van der Waals surface area contributed by atoms with E-state index in [1.54, 1.807) is 36.1 Å². The van der Waals surface area contributed by atoms with Gasteiger partial charge in [-0.25, -0.2) is 0 Å². The fourth-order valence-electron chi connectivity index (χ4n) is 1.33. The molecule has 1 N–H and O–H groups in total. The van der Waals surface area contributed by atoms with Crippen molar-refractivity contribution in [3.63, 3.8) is 0 Å². The number of anilines is 1. The van der Waals surface area contributed by atoms with E-state index in [-0.39, 0.29) is 5.91 Å². The van der Waals surface area contributed by atoms with Gasteiger partial charge in [-0.2, -0.15) is 5.10 Å². The fourth-order valence-corrected chi connectivity index (χ4v) is 1.66. The average molecular weight is 270 g/mol. The second kappa shape index (κ2) is 4.77. The number of nitrogens with one attached hydrogen (secondary N) is 1. The molecule has 4 nitrogen and oxygen atoms in total. The molecule has 1 aromatic carbocycles. The quantitative estimate of drug-likeness (QED) is 0.911. The Labute approximate surface area is 108 Å². The second-order valence-corrected chi connectivity index (χ2v) is 4.32. The minimum Gasteiger partial charge on any atom is -0.320 e. The summed E-state index contributed by atoms with van der Waals surface area (Å²) in [6, 6.07) is 4.88. The van der Waals surface area contributed by atoms with Crippen molar-refractivity contribution >= 4 is 34.8 Å². The van der Waals surface area contributed by atoms with Gasteiger partial charge in [-0.15, -0.1) is 0 Å². The van der Waals surface area contributed by atoms with Crippen LogP contribution in [0.3, 0.4) is 0 Å². The number of aromatic nitrogens is 2. The third-order valence-electron chi connectivity index (χ3n) is 2.14. The smallest absolute Gasteiger partial charge is 0.258 e. The van der Waals surface area contributed by atoms with Crippen LogP contribution in [0.15, 0.2) is 30.6 Å². The van der Waals surface area contributed by atoms with Gasteiger partial charge in [0, 0.05) is 18.3 Å². The molecule has 0 saturated carbocycles. The van der Waals surface area contributed by atoms with E-state index < -0.39 is 0 Å². The number of halogens is 2. The molecule has 0 bridgehead atoms. The first kappa shape index (κ1) is 12.0. The van der Waals surface area contributed by atoms with E-state index in [1.165, 1.54) is 6.20 Å². The van der Waals surface area contributed by atoms with Crippen LogP contribution in [0, 0.1) is 0 Å². The Bertz CT molecular complexity index is 566. The summed E-state index contributed by atoms with van der Waals surface area (Å²) < 4.78 is 1.55. The van der Waals surface area contributed by atoms with E-state index >= 15 is 0 Å². The molecule has 0 unspecified atom stereocenters. The first-order valence-corrected chi connectivity index (χ1v) is 5.57. The zero-order valence-corrected chi connectivity index (χ0v) is 10.5. The van der Waals surface area contributed by atoms with Gasteiger partial charge >= 0.3 is 0 Å². The van der Waals surface area contributed by atoms with E-state index in [4.69, 9.17) is 23.2 Å². The van der Waals surface area contributed by atoms with Gasteiger partial charge in [-0.05, 0) is 18.2 Å². The lowest BCUT2D eigenvalue weighted by Gasteiger charge is -2.06. The summed E-state index contributed by atoms with van der Waals surface area (Å²) in [4.78, 5) is 11.8. The summed E-state index contributed by atoms with van der Waals surface area (Å²) in [5.74, 6) is -0.276. The number of hydrogen-bond donors (Lipinski definition) is 1. The van der Waals surface area contributed by atoms with Gasteiger partial charge in [-0.3, -0.25) is 9.48 Å². The number of carbonyl (C=O) groups is 1. The maximum atomic E-state index is 11.8. The Kier molecular flexibility index (Phi) is 3.36. The lowest BCUT2D eigenvalue weighted by molar-refractivity contribution is 0.102. The molecule has 0 aliphatic rings. The first-order chi connectivity index (χ1) is 8.06. The molecule has 1 heterocycles. The number of nitrogens with zero attached hydrogens (tertiary/aromatic N) is 2. The third kappa shape index (κ3) is 2.78. The fraction of sp³-hybridized carbons (Fsp3) is 0.0909. The maximum Gasteiger partial charge on any atom is 0.258 e. The highest BCUT2D eigenvalue weighted by Crippen LogP contribution is 2.25. The molecule has 0 atom stereocenters. The zero-order valence-electron chi connectivity index (χ0n) is 8.95. The summed E-state index contributed by atoms with van der Waals surface area (Å²) in [7, 11) is 1.74. The molecule has 6 heteroatoms. The molecule has 0 radical (unpaired) electrons. The van der Waals surface area contributed by atoms with E-state index in [9.17, 15) is 4.79 Å². The normalized spacial score (nSPS) is 10.3. The minimum atomic E-state index is -0.276. The topological polar surface area (TPSA) is 46.9 Å². The van der Waals surface area contributed by atoms with Crippen molar-refractivity contribution in [1.82, 2.24) is 9.78 Å². The summed E-state index contributed by atoms with van der Waals surface area (Å²) in [5, 5.41) is 7.53. The standard InChI is InChI=1S/C11H9Cl2N3O/c1-16-6-7(5-14-16)11(17)15-10-4-8(12)2-3-9(10)13/h2-6H,1H3,(H,15,17). The highest BCUT2D eigenvalue weighted by Gasteiger charge is 2.10. The van der Waals surface area contributed by atoms with Crippen LogP contribution in [-0.4, -0.2) is 15.7 Å². The highest BCUT2D eigenvalue weighted by molar-refractivity contribution is 6.35. The molecule has 1 aromatic heterocycles. The molecule has 0 fully saturated rings. The molecule has 0 saturated heterocycles. The Morgan fingerprint density at radius 3 is 2.82 bits per heavy atom. The number of hydrogen-bond acceptors (Lipinski definition) is 2. The van der Waals surface area contributed by atoms with E-state index in [2.05, 4.69) is 10.4 Å². The Morgan fingerprint density at radius 1 is 1.41 bits per heavy atom. The zero-order chi connectivity index (χ0) is 12.4. The molecule has 88 valence electrons. The third-order valence-corrected chi connectivity index (χ3v) is 2.71. The Balaban J connectivity index is 2.21. The van der Waals surface area contributed by atoms with Crippen LogP contribution >= 0.6 is 23.2 Å². The Hall–Kier alpha value is -1.52. The van der Waals surface area contributed by atoms with Crippen molar-refractivity contribution < 1.29 is 4.79 Å². The van der Waals surface area contributed by atoms with E-state index in [0.717, 1.165) is 0 Å². The highest BCUT2D eigenvalue weighted by atomic mass is 35.5. The van der Waals surface area contributed by atoms with E-state index in [0.29, 0.717) is 21.3 Å². The van der Waals surface area contributed by atoms with Gasteiger partial charge in [0.1, 0.15) is 0 Å². The molecule has 0 aliphatic heterocycles. The van der Waals surface area contributed by atoms with Crippen molar-refractivity contribution in [1.29, 1.82) is 0 Å². The van der Waals surface area contributed by atoms with E-state index in [1.807, 2.05) is 0 Å². The number of rotatable bonds is 2. The predicted octanol–water partition coefficient (Wildman–Crippen LogP) is 2.98.